The number of rotatable bonds is 2. The van der Waals surface area contributed by atoms with Crippen LogP contribution < -0.4 is 0 Å². The number of aromatic amines is 1. The van der Waals surface area contributed by atoms with E-state index in [-0.39, 0.29) is 11.8 Å². The number of carboxylic acids is 1. The summed E-state index contributed by atoms with van der Waals surface area (Å²) in [6, 6.07) is 5.58. The fourth-order valence-corrected chi connectivity index (χ4v) is 1.99. The number of hydrogen-bond donors (Lipinski definition) is 2. The molecule has 1 aromatic heterocycles. The molecule has 0 amide bonds. The van der Waals surface area contributed by atoms with Crippen molar-refractivity contribution in [3.63, 3.8) is 0 Å². The van der Waals surface area contributed by atoms with E-state index in [1.807, 2.05) is 18.2 Å². The number of carboxylic acid groups (broad SMARTS) is 1. The Morgan fingerprint density at radius 3 is 2.71 bits per heavy atom. The maximum atomic E-state index is 10.9. The number of benzene rings is 1. The van der Waals surface area contributed by atoms with Gasteiger partial charge in [-0.15, -0.1) is 0 Å². The van der Waals surface area contributed by atoms with Crippen molar-refractivity contribution in [2.75, 3.05) is 0 Å². The van der Waals surface area contributed by atoms with E-state index in [9.17, 15) is 4.79 Å². The van der Waals surface area contributed by atoms with Crippen molar-refractivity contribution in [1.29, 1.82) is 0 Å². The predicted molar refractivity (Wildman–Crippen MR) is 66.1 cm³/mol. The first-order chi connectivity index (χ1) is 7.89. The maximum Gasteiger partial charge on any atom is 0.307 e. The molecule has 0 aliphatic rings. The number of fused-ring (bicyclic) bond motifs is 1. The molecule has 1 heterocycles. The van der Waals surface area contributed by atoms with Crippen molar-refractivity contribution in [1.82, 2.24) is 10.2 Å². The number of nitrogens with one attached hydrogen (secondary N) is 1. The second-order valence-corrected chi connectivity index (χ2v) is 5.23. The molecule has 0 fully saturated rings. The first-order valence-corrected chi connectivity index (χ1v) is 5.58. The molecule has 0 radical (unpaired) electrons. The van der Waals surface area contributed by atoms with Crippen LogP contribution in [0, 0.1) is 0 Å². The van der Waals surface area contributed by atoms with Crippen molar-refractivity contribution in [3.8, 4) is 0 Å². The molecular formula is C13H16N2O2. The van der Waals surface area contributed by atoms with Crippen LogP contribution in [0.4, 0.5) is 0 Å². The van der Waals surface area contributed by atoms with Crippen molar-refractivity contribution < 1.29 is 9.90 Å². The number of H-pyrrole nitrogens is 1. The Balaban J connectivity index is 2.68. The molecule has 0 bridgehead atoms. The summed E-state index contributed by atoms with van der Waals surface area (Å²) in [5, 5.41) is 17.1. The molecule has 0 saturated carbocycles. The molecule has 90 valence electrons. The monoisotopic (exact) mass is 232 g/mol. The minimum atomic E-state index is -0.821. The minimum Gasteiger partial charge on any atom is -0.481 e. The summed E-state index contributed by atoms with van der Waals surface area (Å²) in [6.45, 7) is 6.24. The summed E-state index contributed by atoms with van der Waals surface area (Å²) in [5.74, 6) is -0.821. The molecule has 0 unspecified atom stereocenters. The normalized spacial score (nSPS) is 11.9. The Labute approximate surface area is 99.7 Å². The van der Waals surface area contributed by atoms with E-state index in [1.54, 1.807) is 0 Å². The van der Waals surface area contributed by atoms with E-state index < -0.39 is 5.97 Å². The zero-order chi connectivity index (χ0) is 12.6. The van der Waals surface area contributed by atoms with Gasteiger partial charge < -0.3 is 5.11 Å². The Bertz CT molecular complexity index is 564. The van der Waals surface area contributed by atoms with Gasteiger partial charge in [-0.05, 0) is 11.6 Å². The fourth-order valence-electron chi connectivity index (χ4n) is 1.99. The molecule has 0 aliphatic heterocycles. The number of hydrogen-bond acceptors (Lipinski definition) is 2. The van der Waals surface area contributed by atoms with E-state index in [1.165, 1.54) is 0 Å². The molecule has 0 spiro atoms. The van der Waals surface area contributed by atoms with Crippen LogP contribution in [-0.4, -0.2) is 21.3 Å². The lowest BCUT2D eigenvalue weighted by Gasteiger charge is -2.17. The van der Waals surface area contributed by atoms with Crippen LogP contribution in [0.1, 0.15) is 32.0 Å². The summed E-state index contributed by atoms with van der Waals surface area (Å²) in [5.41, 5.74) is 2.55. The molecule has 2 N–H and O–H groups in total. The zero-order valence-electron chi connectivity index (χ0n) is 10.2. The largest absolute Gasteiger partial charge is 0.481 e. The van der Waals surface area contributed by atoms with E-state index in [4.69, 9.17) is 5.11 Å². The van der Waals surface area contributed by atoms with Crippen molar-refractivity contribution >= 4 is 16.9 Å². The molecule has 0 aliphatic carbocycles. The number of aromatic nitrogens is 2. The molecule has 2 aromatic rings. The van der Waals surface area contributed by atoms with Gasteiger partial charge in [0.25, 0.3) is 0 Å². The van der Waals surface area contributed by atoms with Crippen LogP contribution in [0.2, 0.25) is 0 Å². The number of aliphatic carboxylic acids is 1. The quantitative estimate of drug-likeness (QED) is 0.836. The summed E-state index contributed by atoms with van der Waals surface area (Å²) >= 11 is 0. The van der Waals surface area contributed by atoms with Gasteiger partial charge in [0.15, 0.2) is 0 Å². The Kier molecular flexibility index (Phi) is 2.65. The highest BCUT2D eigenvalue weighted by Gasteiger charge is 2.21. The minimum absolute atomic E-state index is 0.0277. The third-order valence-corrected chi connectivity index (χ3v) is 2.76. The molecule has 17 heavy (non-hydrogen) atoms. The molecule has 4 heteroatoms. The SMILES string of the molecule is CC(C)(C)c1[nH]nc2cccc(CC(=O)O)c12. The summed E-state index contributed by atoms with van der Waals surface area (Å²) < 4.78 is 0. The van der Waals surface area contributed by atoms with Gasteiger partial charge in [0.05, 0.1) is 11.9 Å². The highest BCUT2D eigenvalue weighted by atomic mass is 16.4. The highest BCUT2D eigenvalue weighted by Crippen LogP contribution is 2.30. The van der Waals surface area contributed by atoms with E-state index in [0.29, 0.717) is 0 Å². The number of carbonyl (C=O) groups is 1. The van der Waals surface area contributed by atoms with Gasteiger partial charge in [-0.1, -0.05) is 32.9 Å². The van der Waals surface area contributed by atoms with Crippen molar-refractivity contribution in [2.45, 2.75) is 32.6 Å². The predicted octanol–water partition coefficient (Wildman–Crippen LogP) is 2.49. The van der Waals surface area contributed by atoms with Crippen molar-refractivity contribution in [3.05, 3.63) is 29.5 Å². The molecule has 1 aromatic carbocycles. The molecule has 4 nitrogen and oxygen atoms in total. The van der Waals surface area contributed by atoms with Crippen LogP contribution in [0.3, 0.4) is 0 Å². The van der Waals surface area contributed by atoms with Crippen LogP contribution in [0.25, 0.3) is 10.9 Å². The second kappa shape index (κ2) is 3.87. The lowest BCUT2D eigenvalue weighted by Crippen LogP contribution is -2.13. The van der Waals surface area contributed by atoms with Gasteiger partial charge in [0.2, 0.25) is 0 Å². The van der Waals surface area contributed by atoms with E-state index in [2.05, 4.69) is 31.0 Å². The lowest BCUT2D eigenvalue weighted by molar-refractivity contribution is -0.136. The highest BCUT2D eigenvalue weighted by molar-refractivity contribution is 5.88. The molecule has 0 atom stereocenters. The van der Waals surface area contributed by atoms with Gasteiger partial charge in [0.1, 0.15) is 0 Å². The van der Waals surface area contributed by atoms with Crippen molar-refractivity contribution in [2.24, 2.45) is 0 Å². The van der Waals surface area contributed by atoms with Gasteiger partial charge in [0, 0.05) is 16.5 Å². The first kappa shape index (κ1) is 11.6. The third kappa shape index (κ3) is 2.16. The standard InChI is InChI=1S/C13H16N2O2/c1-13(2,3)12-11-8(7-10(16)17)5-4-6-9(11)14-15-12/h4-6H,7H2,1-3H3,(H,14,15)(H,16,17). The fraction of sp³-hybridized carbons (Fsp3) is 0.385. The summed E-state index contributed by atoms with van der Waals surface area (Å²) in [7, 11) is 0. The van der Waals surface area contributed by atoms with Gasteiger partial charge in [-0.3, -0.25) is 9.89 Å². The molecular weight excluding hydrogens is 216 g/mol. The van der Waals surface area contributed by atoms with Crippen LogP contribution in [0.15, 0.2) is 18.2 Å². The van der Waals surface area contributed by atoms with Gasteiger partial charge in [-0.2, -0.15) is 5.10 Å². The Morgan fingerprint density at radius 1 is 1.41 bits per heavy atom. The Morgan fingerprint density at radius 2 is 2.12 bits per heavy atom. The van der Waals surface area contributed by atoms with E-state index >= 15 is 0 Å². The van der Waals surface area contributed by atoms with Gasteiger partial charge in [-0.25, -0.2) is 0 Å². The van der Waals surface area contributed by atoms with Crippen LogP contribution in [-0.2, 0) is 16.6 Å². The van der Waals surface area contributed by atoms with E-state index in [0.717, 1.165) is 22.2 Å². The lowest BCUT2D eigenvalue weighted by atomic mass is 9.88. The second-order valence-electron chi connectivity index (χ2n) is 5.23. The van der Waals surface area contributed by atoms with Crippen LogP contribution >= 0.6 is 0 Å². The van der Waals surface area contributed by atoms with Crippen LogP contribution in [0.5, 0.6) is 0 Å². The van der Waals surface area contributed by atoms with Gasteiger partial charge >= 0.3 is 5.97 Å². The summed E-state index contributed by atoms with van der Waals surface area (Å²) in [4.78, 5) is 10.9. The summed E-state index contributed by atoms with van der Waals surface area (Å²) in [6.07, 6.45) is 0.0277. The zero-order valence-corrected chi connectivity index (χ0v) is 10.2. The maximum absolute atomic E-state index is 10.9. The average molecular weight is 232 g/mol. The average Bonchev–Trinajstić information content (AvgIpc) is 2.60. The molecule has 2 rings (SSSR count). The number of nitrogens with zero attached hydrogens (tertiary/aromatic N) is 1. The molecule has 0 saturated heterocycles. The smallest absolute Gasteiger partial charge is 0.307 e. The third-order valence-electron chi connectivity index (χ3n) is 2.76. The topological polar surface area (TPSA) is 66.0 Å². The Hall–Kier alpha value is -1.84. The first-order valence-electron chi connectivity index (χ1n) is 5.58.